The fourth-order valence-electron chi connectivity index (χ4n) is 2.89. The summed E-state index contributed by atoms with van der Waals surface area (Å²) < 4.78 is 4.98. The van der Waals surface area contributed by atoms with E-state index in [1.54, 1.807) is 14.0 Å². The largest absolute Gasteiger partial charge is 0.394 e. The molecule has 0 bridgehead atoms. The van der Waals surface area contributed by atoms with Gasteiger partial charge in [0.05, 0.1) is 25.0 Å². The quantitative estimate of drug-likeness (QED) is 0.224. The first kappa shape index (κ1) is 25.1. The number of benzene rings is 2. The number of hydrogen-bond donors (Lipinski definition) is 6. The number of allylic oxidation sites excluding steroid dienone is 1. The molecule has 2 amide bonds. The zero-order valence-corrected chi connectivity index (χ0v) is 18.9. The maximum absolute atomic E-state index is 12.7. The van der Waals surface area contributed by atoms with Crippen molar-refractivity contribution in [3.63, 3.8) is 0 Å². The van der Waals surface area contributed by atoms with Gasteiger partial charge >= 0.3 is 6.03 Å². The van der Waals surface area contributed by atoms with E-state index in [0.717, 1.165) is 16.8 Å². The molecule has 0 aliphatic carbocycles. The first-order valence-corrected chi connectivity index (χ1v) is 10.5. The van der Waals surface area contributed by atoms with Crippen molar-refractivity contribution in [2.75, 3.05) is 38.7 Å². The van der Waals surface area contributed by atoms with Crippen LogP contribution in [0, 0.1) is 12.3 Å². The van der Waals surface area contributed by atoms with Gasteiger partial charge in [0.15, 0.2) is 0 Å². The standard InChI is InChI=1S/C24H33N5O3/c1-17-9-11-19(12-10-17)22(25)18(2)23(27-20-7-5-4-6-8-20)29-24(31)28-21(16-30)15-26-13-14-32-3/h4-12,21,25-27,30H,13-16H2,1-3H3,(H2,28,29,31)/b23-18+,25-22?/t21-/m1/s1. The second-order valence-corrected chi connectivity index (χ2v) is 7.41. The van der Waals surface area contributed by atoms with E-state index >= 15 is 0 Å². The monoisotopic (exact) mass is 439 g/mol. The van der Waals surface area contributed by atoms with Crippen LogP contribution in [0.25, 0.3) is 0 Å². The lowest BCUT2D eigenvalue weighted by atomic mass is 10.0. The van der Waals surface area contributed by atoms with Gasteiger partial charge in [-0.05, 0) is 31.5 Å². The first-order chi connectivity index (χ1) is 15.4. The number of aryl methyl sites for hydroxylation is 1. The number of aliphatic hydroxyl groups excluding tert-OH is 1. The molecule has 2 aromatic carbocycles. The minimum atomic E-state index is -0.480. The maximum Gasteiger partial charge on any atom is 0.320 e. The molecule has 172 valence electrons. The maximum atomic E-state index is 12.7. The topological polar surface area (TPSA) is 118 Å². The van der Waals surface area contributed by atoms with Crippen molar-refractivity contribution < 1.29 is 14.6 Å². The molecular formula is C24H33N5O3. The number of ether oxygens (including phenoxy) is 1. The number of amides is 2. The summed E-state index contributed by atoms with van der Waals surface area (Å²) in [4.78, 5) is 12.7. The van der Waals surface area contributed by atoms with Gasteiger partial charge in [-0.3, -0.25) is 10.7 Å². The molecule has 0 spiro atoms. The molecule has 2 aromatic rings. The molecule has 8 nitrogen and oxygen atoms in total. The van der Waals surface area contributed by atoms with Gasteiger partial charge in [-0.1, -0.05) is 48.0 Å². The van der Waals surface area contributed by atoms with Gasteiger partial charge in [0.2, 0.25) is 0 Å². The number of rotatable bonds is 12. The summed E-state index contributed by atoms with van der Waals surface area (Å²) in [5.41, 5.74) is 3.50. The number of hydrogen-bond acceptors (Lipinski definition) is 6. The molecule has 0 aromatic heterocycles. The first-order valence-electron chi connectivity index (χ1n) is 10.5. The van der Waals surface area contributed by atoms with Crippen LogP contribution in [0.5, 0.6) is 0 Å². The number of anilines is 1. The Morgan fingerprint density at radius 1 is 1.12 bits per heavy atom. The van der Waals surface area contributed by atoms with Gasteiger partial charge in [0, 0.05) is 31.5 Å². The van der Waals surface area contributed by atoms with Gasteiger partial charge < -0.3 is 25.8 Å². The van der Waals surface area contributed by atoms with Gasteiger partial charge in [-0.2, -0.15) is 0 Å². The summed E-state index contributed by atoms with van der Waals surface area (Å²) in [5.74, 6) is 0.392. The Balaban J connectivity index is 2.17. The predicted molar refractivity (Wildman–Crippen MR) is 128 cm³/mol. The molecule has 1 atom stereocenters. The SMILES string of the molecule is COCCNC[C@H](CO)NC(=O)N/C(Nc1ccccc1)=C(\C)C(=N)c1ccc(C)cc1. The van der Waals surface area contributed by atoms with Crippen LogP contribution in [-0.2, 0) is 4.74 Å². The highest BCUT2D eigenvalue weighted by Gasteiger charge is 2.16. The molecule has 0 saturated heterocycles. The fourth-order valence-corrected chi connectivity index (χ4v) is 2.89. The van der Waals surface area contributed by atoms with Crippen LogP contribution in [0.15, 0.2) is 66.0 Å². The van der Waals surface area contributed by atoms with Crippen LogP contribution >= 0.6 is 0 Å². The molecule has 2 rings (SSSR count). The lowest BCUT2D eigenvalue weighted by molar-refractivity contribution is 0.192. The number of urea groups is 1. The van der Waals surface area contributed by atoms with Gasteiger partial charge in [-0.25, -0.2) is 4.79 Å². The average Bonchev–Trinajstić information content (AvgIpc) is 2.80. The number of nitrogens with one attached hydrogen (secondary N) is 5. The number of methoxy groups -OCH3 is 1. The van der Waals surface area contributed by atoms with Crippen LogP contribution in [0.3, 0.4) is 0 Å². The smallest absolute Gasteiger partial charge is 0.320 e. The van der Waals surface area contributed by atoms with Gasteiger partial charge in [0.1, 0.15) is 5.82 Å². The predicted octanol–water partition coefficient (Wildman–Crippen LogP) is 2.60. The number of carbonyl (C=O) groups is 1. The van der Waals surface area contributed by atoms with Crippen molar-refractivity contribution in [2.45, 2.75) is 19.9 Å². The second-order valence-electron chi connectivity index (χ2n) is 7.41. The Labute approximate surface area is 189 Å². The summed E-state index contributed by atoms with van der Waals surface area (Å²) >= 11 is 0. The lowest BCUT2D eigenvalue weighted by Crippen LogP contribution is -2.49. The van der Waals surface area contributed by atoms with E-state index in [1.165, 1.54) is 0 Å². The normalized spacial score (nSPS) is 12.5. The van der Waals surface area contributed by atoms with Crippen molar-refractivity contribution in [3.8, 4) is 0 Å². The highest BCUT2D eigenvalue weighted by Crippen LogP contribution is 2.15. The highest BCUT2D eigenvalue weighted by molar-refractivity contribution is 6.11. The van der Waals surface area contributed by atoms with E-state index in [4.69, 9.17) is 10.1 Å². The van der Waals surface area contributed by atoms with E-state index in [0.29, 0.717) is 36.8 Å². The molecule has 6 N–H and O–H groups in total. The van der Waals surface area contributed by atoms with E-state index in [9.17, 15) is 9.90 Å². The Bertz CT molecular complexity index is 898. The highest BCUT2D eigenvalue weighted by atomic mass is 16.5. The zero-order chi connectivity index (χ0) is 23.3. The van der Waals surface area contributed by atoms with E-state index in [2.05, 4.69) is 21.3 Å². The number of aliphatic hydroxyl groups is 1. The van der Waals surface area contributed by atoms with Crippen molar-refractivity contribution in [1.82, 2.24) is 16.0 Å². The lowest BCUT2D eigenvalue weighted by Gasteiger charge is -2.21. The van der Waals surface area contributed by atoms with Crippen LogP contribution in [0.1, 0.15) is 18.1 Å². The van der Waals surface area contributed by atoms with Crippen LogP contribution in [0.4, 0.5) is 10.5 Å². The molecule has 0 fully saturated rings. The molecule has 8 heteroatoms. The van der Waals surface area contributed by atoms with Crippen molar-refractivity contribution in [1.29, 1.82) is 5.41 Å². The van der Waals surface area contributed by atoms with Crippen molar-refractivity contribution >= 4 is 17.4 Å². The average molecular weight is 440 g/mol. The summed E-state index contributed by atoms with van der Waals surface area (Å²) in [6.07, 6.45) is 0. The molecule has 0 saturated carbocycles. The molecule has 32 heavy (non-hydrogen) atoms. The van der Waals surface area contributed by atoms with E-state index in [-0.39, 0.29) is 6.61 Å². The molecule has 0 radical (unpaired) electrons. The van der Waals surface area contributed by atoms with Gasteiger partial charge in [-0.15, -0.1) is 0 Å². The van der Waals surface area contributed by atoms with Crippen molar-refractivity contribution in [2.24, 2.45) is 0 Å². The third-order valence-electron chi connectivity index (χ3n) is 4.80. The number of para-hydroxylation sites is 1. The number of carbonyl (C=O) groups excluding carboxylic acids is 1. The van der Waals surface area contributed by atoms with Crippen LogP contribution in [-0.4, -0.2) is 56.3 Å². The van der Waals surface area contributed by atoms with E-state index in [1.807, 2.05) is 61.5 Å². The van der Waals surface area contributed by atoms with Crippen molar-refractivity contribution in [3.05, 3.63) is 77.1 Å². The van der Waals surface area contributed by atoms with Crippen LogP contribution < -0.4 is 21.3 Å². The molecule has 0 aliphatic rings. The Kier molecular flexibility index (Phi) is 10.4. The molecule has 0 unspecified atom stereocenters. The van der Waals surface area contributed by atoms with Gasteiger partial charge in [0.25, 0.3) is 0 Å². The second kappa shape index (κ2) is 13.3. The third kappa shape index (κ3) is 8.14. The third-order valence-corrected chi connectivity index (χ3v) is 4.80. The molecular weight excluding hydrogens is 406 g/mol. The summed E-state index contributed by atoms with van der Waals surface area (Å²) in [5, 5.41) is 30.1. The molecule has 0 aliphatic heterocycles. The zero-order valence-electron chi connectivity index (χ0n) is 18.9. The minimum Gasteiger partial charge on any atom is -0.394 e. The summed E-state index contributed by atoms with van der Waals surface area (Å²) in [6.45, 7) is 5.12. The molecule has 0 heterocycles. The van der Waals surface area contributed by atoms with Crippen LogP contribution in [0.2, 0.25) is 0 Å². The van der Waals surface area contributed by atoms with E-state index < -0.39 is 12.1 Å². The Morgan fingerprint density at radius 2 is 1.81 bits per heavy atom. The fraction of sp³-hybridized carbons (Fsp3) is 0.333. The minimum absolute atomic E-state index is 0.212. The summed E-state index contributed by atoms with van der Waals surface area (Å²) in [7, 11) is 1.61. The Hall–Kier alpha value is -3.20. The Morgan fingerprint density at radius 3 is 2.44 bits per heavy atom. The summed E-state index contributed by atoms with van der Waals surface area (Å²) in [6, 6.07) is 16.1.